The van der Waals surface area contributed by atoms with E-state index in [1.807, 2.05) is 18.7 Å². The molecule has 5 heteroatoms. The van der Waals surface area contributed by atoms with Gasteiger partial charge in [-0.15, -0.1) is 0 Å². The number of nitrogens with one attached hydrogen (secondary N) is 1. The fourth-order valence-electron chi connectivity index (χ4n) is 1.84. The fourth-order valence-corrected chi connectivity index (χ4v) is 2.58. The van der Waals surface area contributed by atoms with Crippen LogP contribution in [0.25, 0.3) is 0 Å². The molecule has 104 valence electrons. The van der Waals surface area contributed by atoms with Crippen molar-refractivity contribution in [2.45, 2.75) is 39.8 Å². The molecule has 18 heavy (non-hydrogen) atoms. The second-order valence-corrected chi connectivity index (χ2v) is 5.94. The van der Waals surface area contributed by atoms with Crippen LogP contribution in [0.2, 0.25) is 0 Å². The first-order valence-electron chi connectivity index (χ1n) is 6.47. The average molecular weight is 271 g/mol. The molecule has 0 fully saturated rings. The standard InChI is InChI=1S/C13H25N3OS/c1-6-18-9-12(4)16-7-10(2)14-13(16)15-11(3)8-17-5/h7,11-12H,6,8-9H2,1-5H3,(H,14,15). The molecule has 1 N–H and O–H groups in total. The summed E-state index contributed by atoms with van der Waals surface area (Å²) in [6, 6.07) is 0.718. The summed E-state index contributed by atoms with van der Waals surface area (Å²) in [6.07, 6.45) is 2.11. The van der Waals surface area contributed by atoms with E-state index in [1.165, 1.54) is 0 Å². The van der Waals surface area contributed by atoms with Crippen LogP contribution >= 0.6 is 11.8 Å². The summed E-state index contributed by atoms with van der Waals surface area (Å²) < 4.78 is 7.37. The average Bonchev–Trinajstić information content (AvgIpc) is 2.67. The maximum atomic E-state index is 5.14. The van der Waals surface area contributed by atoms with Gasteiger partial charge in [0.05, 0.1) is 12.3 Å². The number of ether oxygens (including phenoxy) is 1. The van der Waals surface area contributed by atoms with Gasteiger partial charge in [-0.05, 0) is 26.5 Å². The highest BCUT2D eigenvalue weighted by atomic mass is 32.2. The largest absolute Gasteiger partial charge is 0.383 e. The number of imidazole rings is 1. The van der Waals surface area contributed by atoms with Crippen molar-refractivity contribution in [3.63, 3.8) is 0 Å². The van der Waals surface area contributed by atoms with Crippen molar-refractivity contribution in [1.82, 2.24) is 9.55 Å². The molecule has 1 aromatic heterocycles. The molecule has 4 nitrogen and oxygen atoms in total. The number of aromatic nitrogens is 2. The lowest BCUT2D eigenvalue weighted by molar-refractivity contribution is 0.190. The zero-order chi connectivity index (χ0) is 13.5. The molecule has 0 aliphatic carbocycles. The van der Waals surface area contributed by atoms with Gasteiger partial charge in [0.15, 0.2) is 0 Å². The first kappa shape index (κ1) is 15.4. The number of aryl methyl sites for hydroxylation is 1. The molecule has 2 unspecified atom stereocenters. The van der Waals surface area contributed by atoms with Gasteiger partial charge in [0.2, 0.25) is 5.95 Å². The van der Waals surface area contributed by atoms with Crippen molar-refractivity contribution >= 4 is 17.7 Å². The smallest absolute Gasteiger partial charge is 0.203 e. The molecule has 1 aromatic rings. The van der Waals surface area contributed by atoms with Crippen LogP contribution in [0, 0.1) is 6.92 Å². The Bertz CT molecular complexity index is 354. The summed E-state index contributed by atoms with van der Waals surface area (Å²) in [4.78, 5) is 4.55. The molecule has 2 atom stereocenters. The molecule has 0 saturated carbocycles. The molecule has 0 radical (unpaired) electrons. The second-order valence-electron chi connectivity index (χ2n) is 4.62. The third-order valence-corrected chi connectivity index (χ3v) is 3.81. The van der Waals surface area contributed by atoms with E-state index in [-0.39, 0.29) is 6.04 Å². The fraction of sp³-hybridized carbons (Fsp3) is 0.769. The zero-order valence-corrected chi connectivity index (χ0v) is 12.9. The zero-order valence-electron chi connectivity index (χ0n) is 12.1. The van der Waals surface area contributed by atoms with E-state index in [4.69, 9.17) is 4.74 Å². The van der Waals surface area contributed by atoms with Crippen molar-refractivity contribution in [2.24, 2.45) is 0 Å². The molecule has 0 spiro atoms. The van der Waals surface area contributed by atoms with Crippen LogP contribution in [-0.4, -0.2) is 40.8 Å². The van der Waals surface area contributed by atoms with E-state index < -0.39 is 0 Å². The van der Waals surface area contributed by atoms with Gasteiger partial charge in [-0.1, -0.05) is 6.92 Å². The molecule has 0 aliphatic rings. The van der Waals surface area contributed by atoms with E-state index in [2.05, 4.69) is 41.8 Å². The lowest BCUT2D eigenvalue weighted by Gasteiger charge is -2.19. The third kappa shape index (κ3) is 4.53. The first-order chi connectivity index (χ1) is 8.58. The minimum Gasteiger partial charge on any atom is -0.383 e. The number of thioether (sulfide) groups is 1. The predicted molar refractivity (Wildman–Crippen MR) is 79.6 cm³/mol. The molecular formula is C13H25N3OS. The van der Waals surface area contributed by atoms with Crippen molar-refractivity contribution in [3.05, 3.63) is 11.9 Å². The normalized spacial score (nSPS) is 14.5. The summed E-state index contributed by atoms with van der Waals surface area (Å²) in [5, 5.41) is 3.41. The van der Waals surface area contributed by atoms with Gasteiger partial charge in [0.25, 0.3) is 0 Å². The lowest BCUT2D eigenvalue weighted by atomic mass is 10.3. The number of hydrogen-bond acceptors (Lipinski definition) is 4. The van der Waals surface area contributed by atoms with Gasteiger partial charge >= 0.3 is 0 Å². The van der Waals surface area contributed by atoms with Crippen LogP contribution in [0.1, 0.15) is 32.5 Å². The molecule has 1 heterocycles. The van der Waals surface area contributed by atoms with Crippen LogP contribution in [0.3, 0.4) is 0 Å². The van der Waals surface area contributed by atoms with Gasteiger partial charge in [-0.2, -0.15) is 11.8 Å². The highest BCUT2D eigenvalue weighted by Gasteiger charge is 2.13. The van der Waals surface area contributed by atoms with Crippen molar-refractivity contribution in [2.75, 3.05) is 30.5 Å². The van der Waals surface area contributed by atoms with Crippen molar-refractivity contribution < 1.29 is 4.74 Å². The number of anilines is 1. The Hall–Kier alpha value is -0.680. The minimum atomic E-state index is 0.265. The molecule has 1 rings (SSSR count). The summed E-state index contributed by atoms with van der Waals surface area (Å²) in [7, 11) is 1.72. The Morgan fingerprint density at radius 1 is 1.50 bits per heavy atom. The summed E-state index contributed by atoms with van der Waals surface area (Å²) in [5.74, 6) is 3.21. The van der Waals surface area contributed by atoms with Crippen LogP contribution in [0.15, 0.2) is 6.20 Å². The van der Waals surface area contributed by atoms with Crippen molar-refractivity contribution in [3.8, 4) is 0 Å². The topological polar surface area (TPSA) is 39.1 Å². The molecule has 0 aromatic carbocycles. The Kier molecular flexibility index (Phi) is 6.57. The quantitative estimate of drug-likeness (QED) is 0.789. The van der Waals surface area contributed by atoms with Gasteiger partial charge < -0.3 is 14.6 Å². The Balaban J connectivity index is 2.72. The Labute approximate surface area is 115 Å². The first-order valence-corrected chi connectivity index (χ1v) is 7.62. The molecule has 0 aliphatic heterocycles. The van der Waals surface area contributed by atoms with Gasteiger partial charge in [0, 0.05) is 31.1 Å². The highest BCUT2D eigenvalue weighted by Crippen LogP contribution is 2.20. The maximum absolute atomic E-state index is 5.14. The summed E-state index contributed by atoms with van der Waals surface area (Å²) in [6.45, 7) is 9.24. The monoisotopic (exact) mass is 271 g/mol. The Morgan fingerprint density at radius 2 is 2.22 bits per heavy atom. The number of methoxy groups -OCH3 is 1. The van der Waals surface area contributed by atoms with E-state index in [9.17, 15) is 0 Å². The van der Waals surface area contributed by atoms with E-state index >= 15 is 0 Å². The lowest BCUT2D eigenvalue weighted by Crippen LogP contribution is -2.24. The van der Waals surface area contributed by atoms with Gasteiger partial charge in [-0.25, -0.2) is 4.98 Å². The maximum Gasteiger partial charge on any atom is 0.203 e. The molecule has 0 saturated heterocycles. The van der Waals surface area contributed by atoms with Crippen LogP contribution in [-0.2, 0) is 4.74 Å². The van der Waals surface area contributed by atoms with Crippen LogP contribution in [0.4, 0.5) is 5.95 Å². The molecule has 0 bridgehead atoms. The van der Waals surface area contributed by atoms with Gasteiger partial charge in [0.1, 0.15) is 0 Å². The summed E-state index contributed by atoms with van der Waals surface area (Å²) >= 11 is 1.96. The molecular weight excluding hydrogens is 246 g/mol. The Morgan fingerprint density at radius 3 is 2.83 bits per heavy atom. The number of rotatable bonds is 8. The van der Waals surface area contributed by atoms with Crippen LogP contribution in [0.5, 0.6) is 0 Å². The highest BCUT2D eigenvalue weighted by molar-refractivity contribution is 7.99. The number of hydrogen-bond donors (Lipinski definition) is 1. The van der Waals surface area contributed by atoms with E-state index in [0.717, 1.165) is 23.1 Å². The third-order valence-electron chi connectivity index (χ3n) is 2.68. The molecule has 0 amide bonds. The predicted octanol–water partition coefficient (Wildman–Crippen LogP) is 2.95. The van der Waals surface area contributed by atoms with Crippen LogP contribution < -0.4 is 5.32 Å². The second kappa shape index (κ2) is 7.69. The van der Waals surface area contributed by atoms with Gasteiger partial charge in [-0.3, -0.25) is 0 Å². The van der Waals surface area contributed by atoms with E-state index in [0.29, 0.717) is 12.6 Å². The van der Waals surface area contributed by atoms with E-state index in [1.54, 1.807) is 7.11 Å². The van der Waals surface area contributed by atoms with Crippen molar-refractivity contribution in [1.29, 1.82) is 0 Å². The number of nitrogens with zero attached hydrogens (tertiary/aromatic N) is 2. The minimum absolute atomic E-state index is 0.265. The summed E-state index contributed by atoms with van der Waals surface area (Å²) in [5.41, 5.74) is 1.05. The SMILES string of the molecule is CCSCC(C)n1cc(C)nc1NC(C)COC.